The van der Waals surface area contributed by atoms with Gasteiger partial charge in [0.2, 0.25) is 10.0 Å². The minimum absolute atomic E-state index is 0.0991. The highest BCUT2D eigenvalue weighted by atomic mass is 32.2. The van der Waals surface area contributed by atoms with Crippen LogP contribution in [0.4, 0.5) is 0 Å². The third-order valence-electron chi connectivity index (χ3n) is 3.73. The Kier molecular flexibility index (Phi) is 4.44. The summed E-state index contributed by atoms with van der Waals surface area (Å²) >= 11 is 0. The fraction of sp³-hybridized carbons (Fsp3) is 0.667. The predicted octanol–water partition coefficient (Wildman–Crippen LogP) is 0.583. The second-order valence-electron chi connectivity index (χ2n) is 5.30. The number of nitrogens with two attached hydrogens (primary N) is 1. The molecule has 7 nitrogen and oxygen atoms in total. The third kappa shape index (κ3) is 3.37. The average molecular weight is 299 g/mol. The molecule has 1 aliphatic carbocycles. The van der Waals surface area contributed by atoms with Gasteiger partial charge in [-0.15, -0.1) is 0 Å². The van der Waals surface area contributed by atoms with Gasteiger partial charge in [0.25, 0.3) is 0 Å². The number of hydrogen-bond donors (Lipinski definition) is 3. The quantitative estimate of drug-likeness (QED) is 0.545. The van der Waals surface area contributed by atoms with E-state index in [-0.39, 0.29) is 16.6 Å². The van der Waals surface area contributed by atoms with Gasteiger partial charge in [-0.1, -0.05) is 19.3 Å². The molecule has 112 valence electrons. The maximum Gasteiger partial charge on any atom is 0.244 e. The molecule has 0 spiro atoms. The number of aromatic nitrogens is 2. The van der Waals surface area contributed by atoms with Crippen LogP contribution in [0.15, 0.2) is 17.3 Å². The van der Waals surface area contributed by atoms with Crippen molar-refractivity contribution in [3.05, 3.63) is 12.4 Å². The van der Waals surface area contributed by atoms with Crippen molar-refractivity contribution >= 4 is 15.9 Å². The van der Waals surface area contributed by atoms with E-state index < -0.39 is 16.1 Å². The summed E-state index contributed by atoms with van der Waals surface area (Å²) in [6, 6.07) is -0.625. The van der Waals surface area contributed by atoms with Gasteiger partial charge in [-0.2, -0.15) is 5.10 Å². The SMILES string of the molecule is Cn1cc(S(=O)(=O)NC(C(=N)N)C2CCCCC2)cn1. The molecule has 0 bridgehead atoms. The molecule has 1 aromatic rings. The zero-order valence-electron chi connectivity index (χ0n) is 11.5. The number of aryl methyl sites for hydroxylation is 1. The highest BCUT2D eigenvalue weighted by Crippen LogP contribution is 2.27. The molecule has 8 heteroatoms. The van der Waals surface area contributed by atoms with E-state index in [2.05, 4.69) is 9.82 Å². The van der Waals surface area contributed by atoms with Gasteiger partial charge in [-0.3, -0.25) is 10.1 Å². The first-order valence-corrected chi connectivity index (χ1v) is 8.23. The summed E-state index contributed by atoms with van der Waals surface area (Å²) in [6.45, 7) is 0. The van der Waals surface area contributed by atoms with Crippen LogP contribution < -0.4 is 10.5 Å². The first-order valence-electron chi connectivity index (χ1n) is 6.75. The van der Waals surface area contributed by atoms with Gasteiger partial charge in [-0.25, -0.2) is 13.1 Å². The second kappa shape index (κ2) is 5.92. The van der Waals surface area contributed by atoms with Gasteiger partial charge in [0.15, 0.2) is 0 Å². The molecular formula is C12H21N5O2S. The average Bonchev–Trinajstić information content (AvgIpc) is 2.84. The number of amidine groups is 1. The summed E-state index contributed by atoms with van der Waals surface area (Å²) in [6.07, 6.45) is 7.81. The fourth-order valence-electron chi connectivity index (χ4n) is 2.65. The smallest absolute Gasteiger partial charge is 0.244 e. The maximum atomic E-state index is 12.3. The Bertz CT molecular complexity index is 574. The largest absolute Gasteiger partial charge is 0.386 e. The lowest BCUT2D eigenvalue weighted by Crippen LogP contribution is -2.49. The number of nitrogens with one attached hydrogen (secondary N) is 2. The summed E-state index contributed by atoms with van der Waals surface area (Å²) in [7, 11) is -2.03. The standard InChI is InChI=1S/C12H21N5O2S/c1-17-8-10(7-15-17)20(18,19)16-11(12(13)14)9-5-3-2-4-6-9/h7-9,11,16H,2-6H2,1H3,(H3,13,14). The van der Waals surface area contributed by atoms with E-state index in [9.17, 15) is 8.42 Å². The Morgan fingerprint density at radius 1 is 1.50 bits per heavy atom. The number of nitrogens with zero attached hydrogens (tertiary/aromatic N) is 2. The topological polar surface area (TPSA) is 114 Å². The van der Waals surface area contributed by atoms with Crippen molar-refractivity contribution in [2.24, 2.45) is 18.7 Å². The summed E-state index contributed by atoms with van der Waals surface area (Å²) in [4.78, 5) is 0.0991. The van der Waals surface area contributed by atoms with Crippen molar-refractivity contribution in [3.8, 4) is 0 Å². The maximum absolute atomic E-state index is 12.3. The van der Waals surface area contributed by atoms with E-state index >= 15 is 0 Å². The monoisotopic (exact) mass is 299 g/mol. The first-order chi connectivity index (χ1) is 9.40. The van der Waals surface area contributed by atoms with Crippen LogP contribution in [0.3, 0.4) is 0 Å². The number of hydrogen-bond acceptors (Lipinski definition) is 4. The van der Waals surface area contributed by atoms with Crippen molar-refractivity contribution in [1.82, 2.24) is 14.5 Å². The molecule has 0 amide bonds. The van der Waals surface area contributed by atoms with Crippen molar-refractivity contribution in [3.63, 3.8) is 0 Å². The van der Waals surface area contributed by atoms with Gasteiger partial charge in [-0.05, 0) is 18.8 Å². The van der Waals surface area contributed by atoms with Crippen LogP contribution in [0.1, 0.15) is 32.1 Å². The molecule has 0 aromatic carbocycles. The van der Waals surface area contributed by atoms with Crippen LogP contribution >= 0.6 is 0 Å². The van der Waals surface area contributed by atoms with E-state index in [4.69, 9.17) is 11.1 Å². The lowest BCUT2D eigenvalue weighted by molar-refractivity contribution is 0.328. The minimum atomic E-state index is -3.69. The van der Waals surface area contributed by atoms with Crippen LogP contribution in [0.2, 0.25) is 0 Å². The van der Waals surface area contributed by atoms with E-state index in [1.807, 2.05) is 0 Å². The van der Waals surface area contributed by atoms with Crippen molar-refractivity contribution in [2.75, 3.05) is 0 Å². The van der Waals surface area contributed by atoms with Gasteiger partial charge in [0, 0.05) is 13.2 Å². The molecule has 4 N–H and O–H groups in total. The van der Waals surface area contributed by atoms with Gasteiger partial charge >= 0.3 is 0 Å². The Morgan fingerprint density at radius 3 is 2.65 bits per heavy atom. The van der Waals surface area contributed by atoms with Crippen molar-refractivity contribution in [2.45, 2.75) is 43.0 Å². The Hall–Kier alpha value is -1.41. The van der Waals surface area contributed by atoms with Crippen LogP contribution in [0.5, 0.6) is 0 Å². The summed E-state index contributed by atoms with van der Waals surface area (Å²) < 4.78 is 28.6. The summed E-state index contributed by atoms with van der Waals surface area (Å²) in [5, 5.41) is 11.5. The minimum Gasteiger partial charge on any atom is -0.386 e. The Morgan fingerprint density at radius 2 is 2.15 bits per heavy atom. The highest BCUT2D eigenvalue weighted by Gasteiger charge is 2.30. The van der Waals surface area contributed by atoms with Gasteiger partial charge < -0.3 is 5.73 Å². The van der Waals surface area contributed by atoms with Crippen LogP contribution in [-0.4, -0.2) is 30.1 Å². The lowest BCUT2D eigenvalue weighted by Gasteiger charge is -2.29. The van der Waals surface area contributed by atoms with Gasteiger partial charge in [0.1, 0.15) is 10.7 Å². The Balaban J connectivity index is 2.17. The van der Waals surface area contributed by atoms with E-state index in [1.54, 1.807) is 7.05 Å². The lowest BCUT2D eigenvalue weighted by atomic mass is 9.84. The van der Waals surface area contributed by atoms with Crippen LogP contribution in [0.25, 0.3) is 0 Å². The molecule has 0 saturated heterocycles. The molecule has 1 fully saturated rings. The molecule has 1 heterocycles. The Labute approximate surface area is 119 Å². The molecule has 1 saturated carbocycles. The molecule has 0 radical (unpaired) electrons. The molecule has 1 aliphatic rings. The molecule has 1 aromatic heterocycles. The second-order valence-corrected chi connectivity index (χ2v) is 7.02. The molecular weight excluding hydrogens is 278 g/mol. The summed E-state index contributed by atoms with van der Waals surface area (Å²) in [5.74, 6) is -0.0166. The number of rotatable bonds is 5. The van der Waals surface area contributed by atoms with Crippen molar-refractivity contribution < 1.29 is 8.42 Å². The zero-order valence-corrected chi connectivity index (χ0v) is 12.4. The molecule has 2 rings (SSSR count). The van der Waals surface area contributed by atoms with Crippen LogP contribution in [-0.2, 0) is 17.1 Å². The van der Waals surface area contributed by atoms with Crippen molar-refractivity contribution in [1.29, 1.82) is 5.41 Å². The molecule has 1 atom stereocenters. The fourth-order valence-corrected chi connectivity index (χ4v) is 3.92. The van der Waals surface area contributed by atoms with E-state index in [0.29, 0.717) is 0 Å². The van der Waals surface area contributed by atoms with Gasteiger partial charge in [0.05, 0.1) is 12.2 Å². The highest BCUT2D eigenvalue weighted by molar-refractivity contribution is 7.89. The van der Waals surface area contributed by atoms with Crippen LogP contribution in [0, 0.1) is 11.3 Å². The molecule has 0 aliphatic heterocycles. The van der Waals surface area contributed by atoms with E-state index in [1.165, 1.54) is 17.1 Å². The third-order valence-corrected chi connectivity index (χ3v) is 5.13. The van der Waals surface area contributed by atoms with E-state index in [0.717, 1.165) is 32.1 Å². The first kappa shape index (κ1) is 15.0. The molecule has 1 unspecified atom stereocenters. The normalized spacial score (nSPS) is 18.9. The predicted molar refractivity (Wildman–Crippen MR) is 75.8 cm³/mol. The summed E-state index contributed by atoms with van der Waals surface area (Å²) in [5.41, 5.74) is 5.59. The zero-order chi connectivity index (χ0) is 14.8. The number of sulfonamides is 1. The molecule has 20 heavy (non-hydrogen) atoms.